The Balaban J connectivity index is 2.14. The maximum absolute atomic E-state index is 9.26. The van der Waals surface area contributed by atoms with E-state index in [1.54, 1.807) is 0 Å². The predicted octanol–water partition coefficient (Wildman–Crippen LogP) is 2.18. The molecule has 84 valence electrons. The molecule has 4 heteroatoms. The summed E-state index contributed by atoms with van der Waals surface area (Å²) in [6, 6.07) is 10.1. The van der Waals surface area contributed by atoms with E-state index < -0.39 is 0 Å². The molecule has 17 heavy (non-hydrogen) atoms. The van der Waals surface area contributed by atoms with E-state index in [9.17, 15) is 5.26 Å². The molecule has 1 aromatic carbocycles. The van der Waals surface area contributed by atoms with Crippen LogP contribution in [0.15, 0.2) is 30.0 Å². The number of aromatic amines is 1. The normalized spacial score (nSPS) is 17.8. The minimum Gasteiger partial charge on any atom is -0.387 e. The molecule has 0 atom stereocenters. The van der Waals surface area contributed by atoms with Gasteiger partial charge in [-0.3, -0.25) is 0 Å². The molecule has 1 fully saturated rings. The average Bonchev–Trinajstić information content (AvgIpc) is 2.98. The first-order chi connectivity index (χ1) is 8.38. The SMILES string of the molecule is N#C/C(=C1\CCCN1)c1nc2ccccc2[nH]1. The van der Waals surface area contributed by atoms with Crippen LogP contribution in [0, 0.1) is 11.3 Å². The van der Waals surface area contributed by atoms with E-state index in [1.165, 1.54) is 0 Å². The first kappa shape index (κ1) is 9.91. The van der Waals surface area contributed by atoms with Gasteiger partial charge in [0.15, 0.2) is 5.82 Å². The summed E-state index contributed by atoms with van der Waals surface area (Å²) in [5.74, 6) is 0.665. The molecular formula is C13H12N4. The van der Waals surface area contributed by atoms with Crippen LogP contribution in [0.25, 0.3) is 16.6 Å². The number of nitriles is 1. The summed E-state index contributed by atoms with van der Waals surface area (Å²) >= 11 is 0. The lowest BCUT2D eigenvalue weighted by Crippen LogP contribution is -2.06. The van der Waals surface area contributed by atoms with E-state index in [2.05, 4.69) is 21.4 Å². The lowest BCUT2D eigenvalue weighted by atomic mass is 10.2. The van der Waals surface area contributed by atoms with Crippen molar-refractivity contribution in [2.45, 2.75) is 12.8 Å². The number of H-pyrrole nitrogens is 1. The average molecular weight is 224 g/mol. The van der Waals surface area contributed by atoms with Gasteiger partial charge in [0, 0.05) is 12.2 Å². The van der Waals surface area contributed by atoms with Gasteiger partial charge in [0.05, 0.1) is 11.0 Å². The molecule has 1 aliphatic rings. The number of fused-ring (bicyclic) bond motifs is 1. The summed E-state index contributed by atoms with van der Waals surface area (Å²) in [6.07, 6.45) is 2.01. The van der Waals surface area contributed by atoms with Gasteiger partial charge >= 0.3 is 0 Å². The summed E-state index contributed by atoms with van der Waals surface area (Å²) in [7, 11) is 0. The highest BCUT2D eigenvalue weighted by Crippen LogP contribution is 2.22. The van der Waals surface area contributed by atoms with Crippen LogP contribution in [0.4, 0.5) is 0 Å². The van der Waals surface area contributed by atoms with Gasteiger partial charge in [-0.2, -0.15) is 5.26 Å². The third-order valence-electron chi connectivity index (χ3n) is 2.98. The molecule has 0 radical (unpaired) electrons. The second-order valence-corrected chi connectivity index (χ2v) is 4.10. The molecule has 0 saturated carbocycles. The van der Waals surface area contributed by atoms with Gasteiger partial charge in [-0.15, -0.1) is 0 Å². The van der Waals surface area contributed by atoms with Gasteiger partial charge in [0.1, 0.15) is 11.6 Å². The lowest BCUT2D eigenvalue weighted by Gasteiger charge is -2.00. The molecule has 1 aliphatic heterocycles. The van der Waals surface area contributed by atoms with Crippen molar-refractivity contribution in [1.29, 1.82) is 5.26 Å². The predicted molar refractivity (Wildman–Crippen MR) is 65.9 cm³/mol. The Labute approximate surface area is 99.0 Å². The Morgan fingerprint density at radius 1 is 1.35 bits per heavy atom. The second-order valence-electron chi connectivity index (χ2n) is 4.10. The fourth-order valence-electron chi connectivity index (χ4n) is 2.14. The molecule has 2 heterocycles. The van der Waals surface area contributed by atoms with Gasteiger partial charge in [-0.1, -0.05) is 12.1 Å². The molecule has 0 spiro atoms. The third-order valence-corrected chi connectivity index (χ3v) is 2.98. The van der Waals surface area contributed by atoms with E-state index in [1.807, 2.05) is 24.3 Å². The van der Waals surface area contributed by atoms with E-state index in [-0.39, 0.29) is 0 Å². The number of nitrogens with one attached hydrogen (secondary N) is 2. The van der Waals surface area contributed by atoms with Crippen molar-refractivity contribution in [3.63, 3.8) is 0 Å². The van der Waals surface area contributed by atoms with Crippen molar-refractivity contribution in [1.82, 2.24) is 15.3 Å². The van der Waals surface area contributed by atoms with Crippen molar-refractivity contribution >= 4 is 16.6 Å². The van der Waals surface area contributed by atoms with Crippen LogP contribution in [0.3, 0.4) is 0 Å². The van der Waals surface area contributed by atoms with Crippen LogP contribution < -0.4 is 5.32 Å². The highest BCUT2D eigenvalue weighted by atomic mass is 15.0. The second kappa shape index (κ2) is 3.95. The molecule has 0 bridgehead atoms. The van der Waals surface area contributed by atoms with Gasteiger partial charge in [-0.25, -0.2) is 4.98 Å². The van der Waals surface area contributed by atoms with Crippen LogP contribution >= 0.6 is 0 Å². The minimum atomic E-state index is 0.638. The van der Waals surface area contributed by atoms with Gasteiger partial charge in [0.2, 0.25) is 0 Å². The zero-order valence-corrected chi connectivity index (χ0v) is 9.33. The molecular weight excluding hydrogens is 212 g/mol. The summed E-state index contributed by atoms with van der Waals surface area (Å²) in [5, 5.41) is 12.5. The Bertz CT molecular complexity index is 589. The van der Waals surface area contributed by atoms with E-state index in [0.717, 1.165) is 36.1 Å². The number of imidazole rings is 1. The fourth-order valence-corrected chi connectivity index (χ4v) is 2.14. The van der Waals surface area contributed by atoms with Crippen molar-refractivity contribution in [2.75, 3.05) is 6.54 Å². The first-order valence-electron chi connectivity index (χ1n) is 5.71. The number of benzene rings is 1. The molecule has 0 aliphatic carbocycles. The smallest absolute Gasteiger partial charge is 0.150 e. The molecule has 1 saturated heterocycles. The summed E-state index contributed by atoms with van der Waals surface area (Å²) in [4.78, 5) is 7.64. The number of allylic oxidation sites excluding steroid dienone is 2. The molecule has 3 rings (SSSR count). The monoisotopic (exact) mass is 224 g/mol. The number of aromatic nitrogens is 2. The quantitative estimate of drug-likeness (QED) is 0.730. The van der Waals surface area contributed by atoms with Crippen LogP contribution in [0.1, 0.15) is 18.7 Å². The van der Waals surface area contributed by atoms with E-state index in [4.69, 9.17) is 0 Å². The Morgan fingerprint density at radius 3 is 2.94 bits per heavy atom. The maximum atomic E-state index is 9.26. The van der Waals surface area contributed by atoms with Crippen molar-refractivity contribution in [3.05, 3.63) is 35.8 Å². The minimum absolute atomic E-state index is 0.638. The van der Waals surface area contributed by atoms with Gasteiger partial charge in [-0.05, 0) is 25.0 Å². The van der Waals surface area contributed by atoms with Crippen molar-refractivity contribution in [2.24, 2.45) is 0 Å². The third kappa shape index (κ3) is 1.66. The van der Waals surface area contributed by atoms with Crippen LogP contribution in [0.2, 0.25) is 0 Å². The van der Waals surface area contributed by atoms with E-state index in [0.29, 0.717) is 11.4 Å². The molecule has 1 aromatic heterocycles. The fraction of sp³-hybridized carbons (Fsp3) is 0.231. The molecule has 0 amide bonds. The first-order valence-corrected chi connectivity index (χ1v) is 5.71. The summed E-state index contributed by atoms with van der Waals surface area (Å²) in [5.41, 5.74) is 3.51. The van der Waals surface area contributed by atoms with E-state index >= 15 is 0 Å². The lowest BCUT2D eigenvalue weighted by molar-refractivity contribution is 0.904. The standard InChI is InChI=1S/C13H12N4/c14-8-9(10-6-3-7-15-10)13-16-11-4-1-2-5-12(11)17-13/h1-2,4-5,15H,3,6-7H2,(H,16,17)/b10-9-. The zero-order chi connectivity index (χ0) is 11.7. The van der Waals surface area contributed by atoms with Gasteiger partial charge in [0.25, 0.3) is 0 Å². The van der Waals surface area contributed by atoms with Crippen molar-refractivity contribution in [3.8, 4) is 6.07 Å². The largest absolute Gasteiger partial charge is 0.387 e. The number of hydrogen-bond acceptors (Lipinski definition) is 3. The number of rotatable bonds is 1. The highest BCUT2D eigenvalue weighted by Gasteiger charge is 2.16. The summed E-state index contributed by atoms with van der Waals surface area (Å²) < 4.78 is 0. The van der Waals surface area contributed by atoms with Crippen molar-refractivity contribution < 1.29 is 0 Å². The number of hydrogen-bond donors (Lipinski definition) is 2. The summed E-state index contributed by atoms with van der Waals surface area (Å²) in [6.45, 7) is 0.945. The maximum Gasteiger partial charge on any atom is 0.150 e. The number of nitrogens with zero attached hydrogens (tertiary/aromatic N) is 2. The van der Waals surface area contributed by atoms with Gasteiger partial charge < -0.3 is 10.3 Å². The van der Waals surface area contributed by atoms with Crippen LogP contribution in [-0.2, 0) is 0 Å². The Kier molecular flexibility index (Phi) is 2.30. The van der Waals surface area contributed by atoms with Crippen LogP contribution in [-0.4, -0.2) is 16.5 Å². The molecule has 0 unspecified atom stereocenters. The topological polar surface area (TPSA) is 64.5 Å². The number of para-hydroxylation sites is 2. The molecule has 2 N–H and O–H groups in total. The highest BCUT2D eigenvalue weighted by molar-refractivity contribution is 5.83. The van der Waals surface area contributed by atoms with Crippen LogP contribution in [0.5, 0.6) is 0 Å². The molecule has 2 aromatic rings. The zero-order valence-electron chi connectivity index (χ0n) is 9.33. The Hall–Kier alpha value is -2.28. The molecule has 4 nitrogen and oxygen atoms in total. The Morgan fingerprint density at radius 2 is 2.24 bits per heavy atom.